The highest BCUT2D eigenvalue weighted by atomic mass is 32.1. The van der Waals surface area contributed by atoms with Gasteiger partial charge in [0.15, 0.2) is 0 Å². The number of benzene rings is 1. The number of carbonyl (C=O) groups excluding carboxylic acids is 2. The number of amides is 1. The molecule has 2 aromatic rings. The Morgan fingerprint density at radius 2 is 1.88 bits per heavy atom. The zero-order valence-electron chi connectivity index (χ0n) is 13.7. The van der Waals surface area contributed by atoms with Gasteiger partial charge in [0.1, 0.15) is 5.01 Å². The summed E-state index contributed by atoms with van der Waals surface area (Å²) in [5.74, 6) is -2.67. The molecule has 130 valence electrons. The van der Waals surface area contributed by atoms with Crippen molar-refractivity contribution in [1.82, 2.24) is 10.3 Å². The van der Waals surface area contributed by atoms with Gasteiger partial charge in [-0.3, -0.25) is 4.79 Å². The van der Waals surface area contributed by atoms with Crippen LogP contribution in [0.5, 0.6) is 0 Å². The molecule has 0 saturated carbocycles. The van der Waals surface area contributed by atoms with E-state index in [0.717, 1.165) is 16.3 Å². The van der Waals surface area contributed by atoms with E-state index < -0.39 is 17.8 Å². The fraction of sp³-hybridized carbons (Fsp3) is 0.316. The fourth-order valence-electron chi connectivity index (χ4n) is 2.94. The lowest BCUT2D eigenvalue weighted by molar-refractivity contribution is -0.313. The van der Waals surface area contributed by atoms with Gasteiger partial charge >= 0.3 is 0 Å². The topological polar surface area (TPSA) is 82.1 Å². The zero-order chi connectivity index (χ0) is 17.6. The summed E-state index contributed by atoms with van der Waals surface area (Å²) in [5.41, 5.74) is 2.00. The first kappa shape index (κ1) is 17.4. The van der Waals surface area contributed by atoms with Crippen molar-refractivity contribution in [2.24, 2.45) is 11.8 Å². The molecule has 0 fully saturated rings. The Bertz CT molecular complexity index is 770. The molecule has 1 aliphatic carbocycles. The lowest BCUT2D eigenvalue weighted by atomic mass is 9.82. The number of nitrogens with zero attached hydrogens (tertiary/aromatic N) is 1. The average Bonchev–Trinajstić information content (AvgIpc) is 3.11. The highest BCUT2D eigenvalue weighted by Gasteiger charge is 2.29. The Labute approximate surface area is 150 Å². The van der Waals surface area contributed by atoms with Gasteiger partial charge in [-0.2, -0.15) is 0 Å². The van der Waals surface area contributed by atoms with Crippen LogP contribution in [0, 0.1) is 11.8 Å². The summed E-state index contributed by atoms with van der Waals surface area (Å²) in [7, 11) is 0. The summed E-state index contributed by atoms with van der Waals surface area (Å²) in [6, 6.07) is 9.95. The molecular weight excluding hydrogens is 336 g/mol. The van der Waals surface area contributed by atoms with Gasteiger partial charge in [-0.15, -0.1) is 11.3 Å². The smallest absolute Gasteiger partial charge is 0.224 e. The summed E-state index contributed by atoms with van der Waals surface area (Å²) < 4.78 is 0. The molecular formula is C19H19N2O3S-. The van der Waals surface area contributed by atoms with E-state index in [9.17, 15) is 14.7 Å². The second-order valence-electron chi connectivity index (χ2n) is 6.03. The molecule has 5 nitrogen and oxygen atoms in total. The van der Waals surface area contributed by atoms with Crippen LogP contribution >= 0.6 is 11.3 Å². The van der Waals surface area contributed by atoms with Crippen molar-refractivity contribution in [3.63, 3.8) is 0 Å². The fourth-order valence-corrected chi connectivity index (χ4v) is 3.80. The normalized spacial score (nSPS) is 19.5. The van der Waals surface area contributed by atoms with Crippen LogP contribution < -0.4 is 10.4 Å². The van der Waals surface area contributed by atoms with Crippen LogP contribution in [0.25, 0.3) is 10.6 Å². The van der Waals surface area contributed by atoms with Crippen molar-refractivity contribution in [3.8, 4) is 10.6 Å². The molecule has 1 amide bonds. The standard InChI is InChI=1S/C19H20N2O3S/c22-17(15-8-4-5-9-16(15)19(23)24)20-11-10-14-12-25-18(21-14)13-6-2-1-3-7-13/h1-7,12,15-16H,8-11H2,(H,20,22)(H,23,24)/p-1/t15-,16+/m0/s1. The third kappa shape index (κ3) is 4.33. The number of carboxylic acid groups (broad SMARTS) is 1. The van der Waals surface area contributed by atoms with E-state index in [0.29, 0.717) is 25.8 Å². The number of carbonyl (C=O) groups is 2. The minimum atomic E-state index is -1.16. The molecule has 0 unspecified atom stereocenters. The third-order valence-electron chi connectivity index (χ3n) is 4.32. The Morgan fingerprint density at radius 1 is 1.16 bits per heavy atom. The molecule has 1 heterocycles. The van der Waals surface area contributed by atoms with Crippen molar-refractivity contribution < 1.29 is 14.7 Å². The van der Waals surface area contributed by atoms with Gasteiger partial charge in [0.2, 0.25) is 5.91 Å². The molecule has 0 radical (unpaired) electrons. The van der Waals surface area contributed by atoms with E-state index >= 15 is 0 Å². The number of carboxylic acids is 1. The van der Waals surface area contributed by atoms with Gasteiger partial charge in [0, 0.05) is 41.7 Å². The molecule has 6 heteroatoms. The van der Waals surface area contributed by atoms with Gasteiger partial charge in [-0.05, 0) is 12.8 Å². The highest BCUT2D eigenvalue weighted by Crippen LogP contribution is 2.26. The van der Waals surface area contributed by atoms with Gasteiger partial charge in [0.05, 0.1) is 5.69 Å². The van der Waals surface area contributed by atoms with E-state index in [2.05, 4.69) is 10.3 Å². The van der Waals surface area contributed by atoms with Crippen LogP contribution in [0.4, 0.5) is 0 Å². The predicted octanol–water partition coefficient (Wildman–Crippen LogP) is 1.80. The maximum atomic E-state index is 12.3. The number of rotatable bonds is 6. The molecule has 1 aromatic heterocycles. The lowest BCUT2D eigenvalue weighted by Crippen LogP contribution is -2.44. The Balaban J connectivity index is 1.53. The summed E-state index contributed by atoms with van der Waals surface area (Å²) in [5, 5.41) is 16.9. The molecule has 1 aliphatic rings. The van der Waals surface area contributed by atoms with E-state index in [1.54, 1.807) is 17.4 Å². The summed E-state index contributed by atoms with van der Waals surface area (Å²) in [6.45, 7) is 0.441. The maximum absolute atomic E-state index is 12.3. The highest BCUT2D eigenvalue weighted by molar-refractivity contribution is 7.13. The van der Waals surface area contributed by atoms with E-state index in [1.807, 2.05) is 41.8 Å². The Kier molecular flexibility index (Phi) is 5.60. The van der Waals surface area contributed by atoms with E-state index in [1.165, 1.54) is 0 Å². The monoisotopic (exact) mass is 355 g/mol. The van der Waals surface area contributed by atoms with Crippen LogP contribution in [0.1, 0.15) is 18.5 Å². The number of aromatic nitrogens is 1. The summed E-state index contributed by atoms with van der Waals surface area (Å²) >= 11 is 1.57. The van der Waals surface area contributed by atoms with Crippen molar-refractivity contribution in [3.05, 3.63) is 53.6 Å². The molecule has 3 rings (SSSR count). The third-order valence-corrected chi connectivity index (χ3v) is 5.26. The SMILES string of the molecule is O=C(NCCc1csc(-c2ccccc2)n1)[C@H]1CC=CC[C@H]1C(=O)[O-]. The molecule has 0 spiro atoms. The van der Waals surface area contributed by atoms with Gasteiger partial charge in [-0.25, -0.2) is 4.98 Å². The molecule has 0 bridgehead atoms. The minimum absolute atomic E-state index is 0.225. The van der Waals surface area contributed by atoms with E-state index in [-0.39, 0.29) is 5.91 Å². The van der Waals surface area contributed by atoms with Crippen LogP contribution in [0.15, 0.2) is 47.9 Å². The molecule has 0 aliphatic heterocycles. The van der Waals surface area contributed by atoms with Crippen LogP contribution in [0.2, 0.25) is 0 Å². The van der Waals surface area contributed by atoms with Crippen molar-refractivity contribution >= 4 is 23.2 Å². The van der Waals surface area contributed by atoms with Crippen LogP contribution in [-0.2, 0) is 16.0 Å². The first-order chi connectivity index (χ1) is 12.1. The molecule has 1 N–H and O–H groups in total. The summed E-state index contributed by atoms with van der Waals surface area (Å²) in [6.07, 6.45) is 5.07. The molecule has 2 atom stereocenters. The number of thiazole rings is 1. The molecule has 0 saturated heterocycles. The lowest BCUT2D eigenvalue weighted by Gasteiger charge is -2.28. The van der Waals surface area contributed by atoms with E-state index in [4.69, 9.17) is 0 Å². The number of allylic oxidation sites excluding steroid dienone is 2. The number of aliphatic carboxylic acids is 1. The second-order valence-corrected chi connectivity index (χ2v) is 6.88. The minimum Gasteiger partial charge on any atom is -0.550 e. The summed E-state index contributed by atoms with van der Waals surface area (Å²) in [4.78, 5) is 28.0. The Morgan fingerprint density at radius 3 is 2.60 bits per heavy atom. The molecule has 1 aromatic carbocycles. The van der Waals surface area contributed by atoms with Gasteiger partial charge in [0.25, 0.3) is 0 Å². The largest absolute Gasteiger partial charge is 0.550 e. The maximum Gasteiger partial charge on any atom is 0.224 e. The van der Waals surface area contributed by atoms with Crippen LogP contribution in [-0.4, -0.2) is 23.4 Å². The zero-order valence-corrected chi connectivity index (χ0v) is 14.5. The first-order valence-electron chi connectivity index (χ1n) is 8.28. The second kappa shape index (κ2) is 8.07. The van der Waals surface area contributed by atoms with Crippen molar-refractivity contribution in [2.45, 2.75) is 19.3 Å². The molecule has 25 heavy (non-hydrogen) atoms. The van der Waals surface area contributed by atoms with Crippen molar-refractivity contribution in [1.29, 1.82) is 0 Å². The first-order valence-corrected chi connectivity index (χ1v) is 9.16. The van der Waals surface area contributed by atoms with Gasteiger partial charge in [-0.1, -0.05) is 42.5 Å². The average molecular weight is 355 g/mol. The number of nitrogens with one attached hydrogen (secondary N) is 1. The van der Waals surface area contributed by atoms with Crippen LogP contribution in [0.3, 0.4) is 0 Å². The van der Waals surface area contributed by atoms with Gasteiger partial charge < -0.3 is 15.2 Å². The van der Waals surface area contributed by atoms with Crippen molar-refractivity contribution in [2.75, 3.05) is 6.54 Å². The number of hydrogen-bond acceptors (Lipinski definition) is 5. The number of hydrogen-bond donors (Lipinski definition) is 1. The predicted molar refractivity (Wildman–Crippen MR) is 94.6 cm³/mol. The quantitative estimate of drug-likeness (QED) is 0.801. The Hall–Kier alpha value is -2.47.